The van der Waals surface area contributed by atoms with Crippen LogP contribution in [0.4, 0.5) is 0 Å². The standard InChI is InChI=1S/C21H23N3O3/c1-15-6-4-8-17(12-15)21-22-19(23-27-21)10-11-24(3)20(25)14-26-18-9-5-7-16(2)13-18/h4-9,12-13H,10-11,14H2,1-3H3. The van der Waals surface area contributed by atoms with Crippen LogP contribution in [0, 0.1) is 13.8 Å². The quantitative estimate of drug-likeness (QED) is 0.642. The Morgan fingerprint density at radius 3 is 2.59 bits per heavy atom. The SMILES string of the molecule is Cc1cccc(OCC(=O)N(C)CCc2noc(-c3cccc(C)c3)n2)c1. The molecule has 1 amide bonds. The lowest BCUT2D eigenvalue weighted by molar-refractivity contribution is -0.132. The molecule has 1 heterocycles. The average Bonchev–Trinajstić information content (AvgIpc) is 3.13. The lowest BCUT2D eigenvalue weighted by Crippen LogP contribution is -2.33. The average molecular weight is 365 g/mol. The number of carbonyl (C=O) groups excluding carboxylic acids is 1. The second-order valence-corrected chi connectivity index (χ2v) is 6.56. The van der Waals surface area contributed by atoms with Gasteiger partial charge in [-0.25, -0.2) is 0 Å². The highest BCUT2D eigenvalue weighted by Gasteiger charge is 2.13. The van der Waals surface area contributed by atoms with Crippen LogP contribution < -0.4 is 4.74 Å². The van der Waals surface area contributed by atoms with Gasteiger partial charge in [0, 0.05) is 25.6 Å². The molecule has 6 heteroatoms. The second kappa shape index (κ2) is 8.49. The van der Waals surface area contributed by atoms with Crippen LogP contribution in [-0.2, 0) is 11.2 Å². The lowest BCUT2D eigenvalue weighted by Gasteiger charge is -2.16. The minimum absolute atomic E-state index is 0.000734. The highest BCUT2D eigenvalue weighted by molar-refractivity contribution is 5.77. The smallest absolute Gasteiger partial charge is 0.260 e. The summed E-state index contributed by atoms with van der Waals surface area (Å²) in [4.78, 5) is 18.2. The van der Waals surface area contributed by atoms with E-state index in [0.29, 0.717) is 30.4 Å². The van der Waals surface area contributed by atoms with Crippen LogP contribution in [0.1, 0.15) is 17.0 Å². The highest BCUT2D eigenvalue weighted by atomic mass is 16.5. The van der Waals surface area contributed by atoms with E-state index in [2.05, 4.69) is 10.1 Å². The van der Waals surface area contributed by atoms with E-state index in [9.17, 15) is 4.79 Å². The van der Waals surface area contributed by atoms with Crippen molar-refractivity contribution in [2.75, 3.05) is 20.2 Å². The van der Waals surface area contributed by atoms with Gasteiger partial charge < -0.3 is 14.2 Å². The molecule has 6 nitrogen and oxygen atoms in total. The molecule has 0 unspecified atom stereocenters. The van der Waals surface area contributed by atoms with Crippen LogP contribution in [0.25, 0.3) is 11.5 Å². The minimum Gasteiger partial charge on any atom is -0.484 e. The Morgan fingerprint density at radius 1 is 1.11 bits per heavy atom. The van der Waals surface area contributed by atoms with Gasteiger partial charge in [0.25, 0.3) is 11.8 Å². The van der Waals surface area contributed by atoms with E-state index in [4.69, 9.17) is 9.26 Å². The third kappa shape index (κ3) is 5.17. The summed E-state index contributed by atoms with van der Waals surface area (Å²) >= 11 is 0. The Labute approximate surface area is 158 Å². The topological polar surface area (TPSA) is 68.5 Å². The molecule has 0 aliphatic heterocycles. The molecule has 1 aromatic heterocycles. The summed E-state index contributed by atoms with van der Waals surface area (Å²) in [6.45, 7) is 4.49. The highest BCUT2D eigenvalue weighted by Crippen LogP contribution is 2.18. The molecule has 0 aliphatic carbocycles. The molecule has 3 aromatic rings. The van der Waals surface area contributed by atoms with Crippen LogP contribution in [0.15, 0.2) is 53.1 Å². The van der Waals surface area contributed by atoms with Gasteiger partial charge in [-0.2, -0.15) is 4.98 Å². The van der Waals surface area contributed by atoms with E-state index in [1.807, 2.05) is 62.4 Å². The molecular weight excluding hydrogens is 342 g/mol. The van der Waals surface area contributed by atoms with Gasteiger partial charge in [0.05, 0.1) is 0 Å². The Balaban J connectivity index is 1.50. The lowest BCUT2D eigenvalue weighted by atomic mass is 10.1. The number of amides is 1. The van der Waals surface area contributed by atoms with Gasteiger partial charge in [-0.1, -0.05) is 35.0 Å². The van der Waals surface area contributed by atoms with Gasteiger partial charge in [0.2, 0.25) is 0 Å². The van der Waals surface area contributed by atoms with Crippen LogP contribution >= 0.6 is 0 Å². The second-order valence-electron chi connectivity index (χ2n) is 6.56. The summed E-state index contributed by atoms with van der Waals surface area (Å²) in [5, 5.41) is 4.00. The minimum atomic E-state index is -0.0982. The first-order chi connectivity index (χ1) is 13.0. The molecule has 0 saturated heterocycles. The van der Waals surface area contributed by atoms with Gasteiger partial charge in [-0.05, 0) is 43.7 Å². The zero-order valence-corrected chi connectivity index (χ0v) is 15.8. The molecule has 2 aromatic carbocycles. The third-order valence-electron chi connectivity index (χ3n) is 4.18. The Kier molecular flexibility index (Phi) is 5.86. The van der Waals surface area contributed by atoms with Crippen LogP contribution in [0.3, 0.4) is 0 Å². The van der Waals surface area contributed by atoms with E-state index in [1.165, 1.54) is 0 Å². The zero-order chi connectivity index (χ0) is 19.2. The zero-order valence-electron chi connectivity index (χ0n) is 15.8. The van der Waals surface area contributed by atoms with E-state index in [0.717, 1.165) is 16.7 Å². The number of carbonyl (C=O) groups is 1. The molecule has 27 heavy (non-hydrogen) atoms. The van der Waals surface area contributed by atoms with Crippen LogP contribution in [0.2, 0.25) is 0 Å². The van der Waals surface area contributed by atoms with Gasteiger partial charge in [-0.15, -0.1) is 0 Å². The normalized spacial score (nSPS) is 10.6. The maximum absolute atomic E-state index is 12.2. The number of ether oxygens (including phenoxy) is 1. The molecule has 0 fully saturated rings. The van der Waals surface area contributed by atoms with Gasteiger partial charge in [0.15, 0.2) is 12.4 Å². The predicted molar refractivity (Wildman–Crippen MR) is 102 cm³/mol. The molecular formula is C21H23N3O3. The van der Waals surface area contributed by atoms with Gasteiger partial charge in [-0.3, -0.25) is 4.79 Å². The van der Waals surface area contributed by atoms with Crippen LogP contribution in [-0.4, -0.2) is 41.1 Å². The Bertz CT molecular complexity index is 920. The Hall–Kier alpha value is -3.15. The molecule has 0 N–H and O–H groups in total. The van der Waals surface area contributed by atoms with Crippen molar-refractivity contribution in [1.82, 2.24) is 15.0 Å². The summed E-state index contributed by atoms with van der Waals surface area (Å²) in [6, 6.07) is 15.5. The number of rotatable bonds is 7. The van der Waals surface area contributed by atoms with Crippen molar-refractivity contribution >= 4 is 5.91 Å². The molecule has 0 saturated carbocycles. The first kappa shape index (κ1) is 18.6. The predicted octanol–water partition coefficient (Wildman–Crippen LogP) is 3.43. The number of benzene rings is 2. The summed E-state index contributed by atoms with van der Waals surface area (Å²) in [5.41, 5.74) is 3.12. The molecule has 140 valence electrons. The largest absolute Gasteiger partial charge is 0.484 e. The molecule has 0 radical (unpaired) electrons. The number of hydrogen-bond donors (Lipinski definition) is 0. The first-order valence-corrected chi connectivity index (χ1v) is 8.84. The number of aryl methyl sites for hydroxylation is 2. The fraction of sp³-hybridized carbons (Fsp3) is 0.286. The maximum Gasteiger partial charge on any atom is 0.260 e. The fourth-order valence-electron chi connectivity index (χ4n) is 2.60. The number of hydrogen-bond acceptors (Lipinski definition) is 5. The first-order valence-electron chi connectivity index (χ1n) is 8.84. The molecule has 0 atom stereocenters. The number of aromatic nitrogens is 2. The van der Waals surface area contributed by atoms with Crippen molar-refractivity contribution in [2.24, 2.45) is 0 Å². The van der Waals surface area contributed by atoms with Crippen molar-refractivity contribution in [3.05, 3.63) is 65.5 Å². The van der Waals surface area contributed by atoms with Crippen molar-refractivity contribution in [3.63, 3.8) is 0 Å². The molecule has 0 aliphatic rings. The van der Waals surface area contributed by atoms with E-state index >= 15 is 0 Å². The molecule has 3 rings (SSSR count). The molecule has 0 spiro atoms. The van der Waals surface area contributed by atoms with Crippen molar-refractivity contribution in [2.45, 2.75) is 20.3 Å². The van der Waals surface area contributed by atoms with E-state index in [1.54, 1.807) is 11.9 Å². The fourth-order valence-corrected chi connectivity index (χ4v) is 2.60. The van der Waals surface area contributed by atoms with Crippen molar-refractivity contribution in [1.29, 1.82) is 0 Å². The number of nitrogens with zero attached hydrogens (tertiary/aromatic N) is 3. The Morgan fingerprint density at radius 2 is 1.85 bits per heavy atom. The summed E-state index contributed by atoms with van der Waals surface area (Å²) in [5.74, 6) is 1.66. The van der Waals surface area contributed by atoms with Crippen molar-refractivity contribution in [3.8, 4) is 17.2 Å². The summed E-state index contributed by atoms with van der Waals surface area (Å²) < 4.78 is 10.9. The number of likely N-dealkylation sites (N-methyl/N-ethyl adjacent to an activating group) is 1. The van der Waals surface area contributed by atoms with Crippen molar-refractivity contribution < 1.29 is 14.1 Å². The summed E-state index contributed by atoms with van der Waals surface area (Å²) in [7, 11) is 1.74. The third-order valence-corrected chi connectivity index (χ3v) is 4.18. The maximum atomic E-state index is 12.2. The van der Waals surface area contributed by atoms with Crippen LogP contribution in [0.5, 0.6) is 5.75 Å². The monoisotopic (exact) mass is 365 g/mol. The summed E-state index contributed by atoms with van der Waals surface area (Å²) in [6.07, 6.45) is 0.516. The van der Waals surface area contributed by atoms with E-state index in [-0.39, 0.29) is 12.5 Å². The van der Waals surface area contributed by atoms with Gasteiger partial charge >= 0.3 is 0 Å². The molecule has 0 bridgehead atoms. The van der Waals surface area contributed by atoms with Gasteiger partial charge in [0.1, 0.15) is 5.75 Å². The van der Waals surface area contributed by atoms with E-state index < -0.39 is 0 Å².